The lowest BCUT2D eigenvalue weighted by atomic mass is 10.0. The highest BCUT2D eigenvalue weighted by atomic mass is 31.0. The van der Waals surface area contributed by atoms with Gasteiger partial charge >= 0.3 is 5.97 Å². The molecule has 0 fully saturated rings. The van der Waals surface area contributed by atoms with E-state index in [0.717, 1.165) is 5.30 Å². The van der Waals surface area contributed by atoms with Gasteiger partial charge in [0.2, 0.25) is 5.78 Å². The molecule has 1 unspecified atom stereocenters. The number of Topliss-reactive ketones (excluding diaryl/α,β-unsaturated/α-hetero) is 1. The molecule has 24 heavy (non-hydrogen) atoms. The van der Waals surface area contributed by atoms with Crippen molar-refractivity contribution >= 4 is 26.3 Å². The van der Waals surface area contributed by atoms with Crippen LogP contribution in [0.5, 0.6) is 11.5 Å². The fourth-order valence-corrected chi connectivity index (χ4v) is 2.45. The van der Waals surface area contributed by atoms with Crippen molar-refractivity contribution in [2.45, 2.75) is 0 Å². The van der Waals surface area contributed by atoms with Crippen LogP contribution in [0.15, 0.2) is 36.4 Å². The summed E-state index contributed by atoms with van der Waals surface area (Å²) in [7, 11) is 5.55. The van der Waals surface area contributed by atoms with Crippen LogP contribution in [0.1, 0.15) is 26.3 Å². The van der Waals surface area contributed by atoms with Crippen molar-refractivity contribution in [2.24, 2.45) is 0 Å². The third-order valence-corrected chi connectivity index (χ3v) is 3.72. The van der Waals surface area contributed by atoms with Crippen LogP contribution in [0.3, 0.4) is 0 Å². The van der Waals surface area contributed by atoms with E-state index in [-0.39, 0.29) is 11.1 Å². The zero-order chi connectivity index (χ0) is 17.7. The van der Waals surface area contributed by atoms with Gasteiger partial charge in [0, 0.05) is 16.9 Å². The second-order valence-corrected chi connectivity index (χ2v) is 5.35. The summed E-state index contributed by atoms with van der Waals surface area (Å²) in [6.07, 6.45) is 0. The molecule has 0 saturated carbocycles. The summed E-state index contributed by atoms with van der Waals surface area (Å²) < 4.78 is 10.4. The van der Waals surface area contributed by atoms with E-state index in [1.165, 1.54) is 19.2 Å². The minimum atomic E-state index is -1.17. The van der Waals surface area contributed by atoms with Crippen molar-refractivity contribution < 1.29 is 24.2 Å². The molecule has 0 aliphatic heterocycles. The molecule has 0 spiro atoms. The number of hydrogen-bond donors (Lipinski definition) is 1. The summed E-state index contributed by atoms with van der Waals surface area (Å²) in [5.74, 6) is 4.54. The molecular formula is C18H15O5P. The molecule has 1 atom stereocenters. The number of carbonyl (C=O) groups is 2. The Morgan fingerprint density at radius 2 is 1.67 bits per heavy atom. The van der Waals surface area contributed by atoms with Crippen molar-refractivity contribution in [2.75, 3.05) is 14.2 Å². The van der Waals surface area contributed by atoms with Crippen LogP contribution in [-0.2, 0) is 0 Å². The molecule has 122 valence electrons. The molecule has 1 N–H and O–H groups in total. The van der Waals surface area contributed by atoms with Crippen LogP contribution in [0.2, 0.25) is 0 Å². The SMILES string of the molecule is COc1cc(OC)c(C#CC(=O)c2ccccc2C(=O)O)cc1P. The maximum Gasteiger partial charge on any atom is 0.336 e. The van der Waals surface area contributed by atoms with Gasteiger partial charge in [0.15, 0.2) is 0 Å². The summed E-state index contributed by atoms with van der Waals surface area (Å²) in [6.45, 7) is 0. The largest absolute Gasteiger partial charge is 0.496 e. The second kappa shape index (κ2) is 7.63. The number of carboxylic acid groups (broad SMARTS) is 1. The molecule has 2 rings (SSSR count). The van der Waals surface area contributed by atoms with Gasteiger partial charge in [-0.3, -0.25) is 4.79 Å². The smallest absolute Gasteiger partial charge is 0.336 e. The van der Waals surface area contributed by atoms with Crippen molar-refractivity contribution in [3.05, 3.63) is 53.1 Å². The quantitative estimate of drug-likeness (QED) is 0.524. The van der Waals surface area contributed by atoms with E-state index >= 15 is 0 Å². The number of benzene rings is 2. The molecule has 6 heteroatoms. The van der Waals surface area contributed by atoms with Gasteiger partial charge in [-0.2, -0.15) is 0 Å². The number of rotatable bonds is 4. The van der Waals surface area contributed by atoms with Gasteiger partial charge in [0.1, 0.15) is 11.5 Å². The lowest BCUT2D eigenvalue weighted by Gasteiger charge is -2.09. The Kier molecular flexibility index (Phi) is 5.57. The molecule has 2 aromatic carbocycles. The van der Waals surface area contributed by atoms with E-state index in [2.05, 4.69) is 21.1 Å². The summed E-state index contributed by atoms with van der Waals surface area (Å²) in [4.78, 5) is 23.4. The summed E-state index contributed by atoms with van der Waals surface area (Å²) in [6, 6.07) is 9.34. The number of carbonyl (C=O) groups excluding carboxylic acids is 1. The minimum absolute atomic E-state index is 0.0519. The highest BCUT2D eigenvalue weighted by Gasteiger charge is 2.14. The van der Waals surface area contributed by atoms with Crippen LogP contribution in [-0.4, -0.2) is 31.1 Å². The van der Waals surface area contributed by atoms with Crippen LogP contribution in [0.4, 0.5) is 0 Å². The third kappa shape index (κ3) is 3.73. The predicted molar refractivity (Wildman–Crippen MR) is 93.5 cm³/mol. The Hall–Kier alpha value is -2.83. The van der Waals surface area contributed by atoms with E-state index in [0.29, 0.717) is 17.1 Å². The van der Waals surface area contributed by atoms with E-state index < -0.39 is 11.8 Å². The molecule has 0 heterocycles. The lowest BCUT2D eigenvalue weighted by Crippen LogP contribution is -2.07. The average Bonchev–Trinajstić information content (AvgIpc) is 2.59. The van der Waals surface area contributed by atoms with Crippen LogP contribution in [0.25, 0.3) is 0 Å². The van der Waals surface area contributed by atoms with Gasteiger partial charge in [-0.05, 0) is 24.1 Å². The molecule has 5 nitrogen and oxygen atoms in total. The molecule has 0 bridgehead atoms. The normalized spacial score (nSPS) is 9.62. The fourth-order valence-electron chi connectivity index (χ4n) is 2.08. The number of carboxylic acids is 1. The van der Waals surface area contributed by atoms with Gasteiger partial charge in [-0.25, -0.2) is 4.79 Å². The first-order chi connectivity index (χ1) is 11.5. The van der Waals surface area contributed by atoms with Crippen molar-refractivity contribution in [1.82, 2.24) is 0 Å². The first-order valence-corrected chi connectivity index (χ1v) is 7.45. The highest BCUT2D eigenvalue weighted by Crippen LogP contribution is 2.24. The predicted octanol–water partition coefficient (Wildman–Crippen LogP) is 2.14. The zero-order valence-electron chi connectivity index (χ0n) is 13.1. The van der Waals surface area contributed by atoms with Gasteiger partial charge in [0.05, 0.1) is 25.3 Å². The maximum absolute atomic E-state index is 12.2. The number of ether oxygens (including phenoxy) is 2. The van der Waals surface area contributed by atoms with Crippen molar-refractivity contribution in [3.63, 3.8) is 0 Å². The maximum atomic E-state index is 12.2. The molecule has 0 amide bonds. The van der Waals surface area contributed by atoms with E-state index in [1.807, 2.05) is 0 Å². The fraction of sp³-hybridized carbons (Fsp3) is 0.111. The van der Waals surface area contributed by atoms with Gasteiger partial charge < -0.3 is 14.6 Å². The Labute approximate surface area is 141 Å². The molecule has 0 aromatic heterocycles. The molecule has 0 aliphatic rings. The Bertz CT molecular complexity index is 861. The topological polar surface area (TPSA) is 72.8 Å². The average molecular weight is 342 g/mol. The summed E-state index contributed by atoms with van der Waals surface area (Å²) in [5, 5.41) is 9.90. The zero-order valence-corrected chi connectivity index (χ0v) is 14.3. The number of methoxy groups -OCH3 is 2. The van der Waals surface area contributed by atoms with Gasteiger partial charge in [0.25, 0.3) is 0 Å². The molecule has 0 aliphatic carbocycles. The van der Waals surface area contributed by atoms with E-state index in [1.54, 1.807) is 31.4 Å². The second-order valence-electron chi connectivity index (χ2n) is 4.72. The Morgan fingerprint density at radius 3 is 2.25 bits per heavy atom. The Morgan fingerprint density at radius 1 is 1.04 bits per heavy atom. The van der Waals surface area contributed by atoms with Crippen molar-refractivity contribution in [1.29, 1.82) is 0 Å². The third-order valence-electron chi connectivity index (χ3n) is 3.26. The molecule has 2 aromatic rings. The van der Waals surface area contributed by atoms with Crippen molar-refractivity contribution in [3.8, 4) is 23.3 Å². The number of ketones is 1. The molecule has 0 radical (unpaired) electrons. The first kappa shape index (κ1) is 17.5. The molecule has 0 saturated heterocycles. The number of hydrogen-bond acceptors (Lipinski definition) is 4. The molecular weight excluding hydrogens is 327 g/mol. The van der Waals surface area contributed by atoms with E-state index in [4.69, 9.17) is 14.6 Å². The lowest BCUT2D eigenvalue weighted by molar-refractivity contribution is 0.0693. The first-order valence-electron chi connectivity index (χ1n) is 6.88. The van der Waals surface area contributed by atoms with E-state index in [9.17, 15) is 9.59 Å². The monoisotopic (exact) mass is 342 g/mol. The summed E-state index contributed by atoms with van der Waals surface area (Å²) in [5.41, 5.74) is 0.478. The standard InChI is InChI=1S/C18H15O5P/c1-22-15-10-16(23-2)17(24)9-11(15)7-8-14(19)12-5-3-4-6-13(12)18(20)21/h3-6,9-10H,24H2,1-2H3,(H,20,21). The Balaban J connectivity index is 2.42. The van der Waals surface area contributed by atoms with Crippen LogP contribution < -0.4 is 14.8 Å². The summed E-state index contributed by atoms with van der Waals surface area (Å²) >= 11 is 0. The van der Waals surface area contributed by atoms with Crippen LogP contribution >= 0.6 is 9.24 Å². The minimum Gasteiger partial charge on any atom is -0.496 e. The highest BCUT2D eigenvalue weighted by molar-refractivity contribution is 7.27. The van der Waals surface area contributed by atoms with Gasteiger partial charge in [-0.15, -0.1) is 9.24 Å². The van der Waals surface area contributed by atoms with Gasteiger partial charge in [-0.1, -0.05) is 18.1 Å². The van der Waals surface area contributed by atoms with Crippen LogP contribution in [0, 0.1) is 11.8 Å². The number of aromatic carboxylic acids is 1.